The van der Waals surface area contributed by atoms with Crippen LogP contribution in [0.1, 0.15) is 16.7 Å². The molecule has 0 unspecified atom stereocenters. The molecular weight excluding hydrogens is 246 g/mol. The van der Waals surface area contributed by atoms with E-state index in [4.69, 9.17) is 0 Å². The Kier molecular flexibility index (Phi) is 5.18. The summed E-state index contributed by atoms with van der Waals surface area (Å²) in [6.45, 7) is 3.64. The zero-order valence-corrected chi connectivity index (χ0v) is 12.1. The van der Waals surface area contributed by atoms with Crippen molar-refractivity contribution in [1.29, 1.82) is 0 Å². The van der Waals surface area contributed by atoms with Gasteiger partial charge in [-0.15, -0.1) is 0 Å². The van der Waals surface area contributed by atoms with Gasteiger partial charge in [0.05, 0.1) is 0 Å². The number of rotatable bonds is 4. The molecule has 3 heteroatoms. The smallest absolute Gasteiger partial charge is 0.191 e. The number of nitrogens with one attached hydrogen (secondary N) is 2. The molecule has 0 aliphatic carbocycles. The van der Waals surface area contributed by atoms with E-state index in [1.54, 1.807) is 7.05 Å². The average molecular weight is 267 g/mol. The van der Waals surface area contributed by atoms with E-state index in [0.717, 1.165) is 19.0 Å². The molecule has 0 atom stereocenters. The molecule has 0 aliphatic rings. The second kappa shape index (κ2) is 7.34. The third-order valence-corrected chi connectivity index (χ3v) is 3.11. The predicted molar refractivity (Wildman–Crippen MR) is 84.7 cm³/mol. The highest BCUT2D eigenvalue weighted by atomic mass is 15.2. The minimum atomic E-state index is 0.772. The first kappa shape index (κ1) is 14.1. The van der Waals surface area contributed by atoms with E-state index in [-0.39, 0.29) is 0 Å². The Bertz CT molecular complexity index is 544. The van der Waals surface area contributed by atoms with Crippen molar-refractivity contribution in [1.82, 2.24) is 10.6 Å². The van der Waals surface area contributed by atoms with E-state index in [1.165, 1.54) is 16.7 Å². The summed E-state index contributed by atoms with van der Waals surface area (Å²) >= 11 is 0. The van der Waals surface area contributed by atoms with Crippen molar-refractivity contribution in [3.8, 4) is 0 Å². The number of hydrogen-bond acceptors (Lipinski definition) is 1. The third-order valence-electron chi connectivity index (χ3n) is 3.11. The van der Waals surface area contributed by atoms with E-state index in [9.17, 15) is 0 Å². The van der Waals surface area contributed by atoms with Gasteiger partial charge in [-0.05, 0) is 18.1 Å². The molecule has 0 aromatic heterocycles. The van der Waals surface area contributed by atoms with Crippen LogP contribution in [-0.2, 0) is 13.1 Å². The first-order valence-corrected chi connectivity index (χ1v) is 6.82. The van der Waals surface area contributed by atoms with E-state index >= 15 is 0 Å². The summed E-state index contributed by atoms with van der Waals surface area (Å²) in [6.07, 6.45) is 0. The molecule has 104 valence electrons. The Balaban J connectivity index is 1.82. The lowest BCUT2D eigenvalue weighted by Crippen LogP contribution is -2.36. The van der Waals surface area contributed by atoms with Gasteiger partial charge in [0, 0.05) is 20.1 Å². The highest BCUT2D eigenvalue weighted by Crippen LogP contribution is 2.02. The Labute approximate surface area is 120 Å². The molecule has 2 rings (SSSR count). The largest absolute Gasteiger partial charge is 0.352 e. The number of guanidine groups is 1. The lowest BCUT2D eigenvalue weighted by molar-refractivity contribution is 0.809. The van der Waals surface area contributed by atoms with Gasteiger partial charge in [-0.3, -0.25) is 4.99 Å². The number of nitrogens with zero attached hydrogens (tertiary/aromatic N) is 1. The van der Waals surface area contributed by atoms with Crippen LogP contribution < -0.4 is 10.6 Å². The van der Waals surface area contributed by atoms with Crippen LogP contribution in [0, 0.1) is 6.92 Å². The Morgan fingerprint density at radius 1 is 0.850 bits per heavy atom. The predicted octanol–water partition coefficient (Wildman–Crippen LogP) is 2.86. The zero-order valence-electron chi connectivity index (χ0n) is 12.1. The van der Waals surface area contributed by atoms with E-state index in [2.05, 4.69) is 58.9 Å². The molecule has 0 saturated carbocycles. The van der Waals surface area contributed by atoms with Crippen molar-refractivity contribution >= 4 is 5.96 Å². The van der Waals surface area contributed by atoms with Crippen molar-refractivity contribution in [2.45, 2.75) is 20.0 Å². The highest BCUT2D eigenvalue weighted by molar-refractivity contribution is 5.79. The second-order valence-corrected chi connectivity index (χ2v) is 4.75. The van der Waals surface area contributed by atoms with Crippen LogP contribution >= 0.6 is 0 Å². The summed E-state index contributed by atoms with van der Waals surface area (Å²) in [6, 6.07) is 18.8. The van der Waals surface area contributed by atoms with Crippen molar-refractivity contribution in [2.24, 2.45) is 4.99 Å². The fraction of sp³-hybridized carbons (Fsp3) is 0.235. The summed E-state index contributed by atoms with van der Waals surface area (Å²) in [7, 11) is 1.79. The van der Waals surface area contributed by atoms with Gasteiger partial charge in [0.2, 0.25) is 0 Å². The van der Waals surface area contributed by atoms with Gasteiger partial charge in [-0.2, -0.15) is 0 Å². The average Bonchev–Trinajstić information content (AvgIpc) is 2.50. The normalized spacial score (nSPS) is 11.2. The summed E-state index contributed by atoms with van der Waals surface area (Å²) in [5.41, 5.74) is 3.77. The Hall–Kier alpha value is -2.29. The van der Waals surface area contributed by atoms with Crippen molar-refractivity contribution in [3.63, 3.8) is 0 Å². The summed E-state index contributed by atoms with van der Waals surface area (Å²) in [5.74, 6) is 0.814. The quantitative estimate of drug-likeness (QED) is 0.660. The van der Waals surface area contributed by atoms with Gasteiger partial charge < -0.3 is 10.6 Å². The van der Waals surface area contributed by atoms with Crippen molar-refractivity contribution in [3.05, 3.63) is 71.3 Å². The van der Waals surface area contributed by atoms with Gasteiger partial charge in [-0.25, -0.2) is 0 Å². The maximum absolute atomic E-state index is 4.23. The molecule has 0 heterocycles. The monoisotopic (exact) mass is 267 g/mol. The lowest BCUT2D eigenvalue weighted by atomic mass is 10.1. The van der Waals surface area contributed by atoms with Crippen molar-refractivity contribution < 1.29 is 0 Å². The van der Waals surface area contributed by atoms with Gasteiger partial charge >= 0.3 is 0 Å². The minimum absolute atomic E-state index is 0.772. The number of aliphatic imine (C=N–C) groups is 1. The van der Waals surface area contributed by atoms with Gasteiger partial charge in [0.1, 0.15) is 0 Å². The van der Waals surface area contributed by atoms with Crippen LogP contribution in [0.15, 0.2) is 59.6 Å². The number of aryl methyl sites for hydroxylation is 1. The Morgan fingerprint density at radius 2 is 1.40 bits per heavy atom. The van der Waals surface area contributed by atoms with Crippen LogP contribution in [0.25, 0.3) is 0 Å². The molecule has 20 heavy (non-hydrogen) atoms. The van der Waals surface area contributed by atoms with E-state index in [0.29, 0.717) is 0 Å². The third kappa shape index (κ3) is 4.43. The first-order chi connectivity index (χ1) is 9.78. The standard InChI is InChI=1S/C17H21N3/c1-14-8-10-16(11-9-14)13-20-17(18-2)19-12-15-6-4-3-5-7-15/h3-11H,12-13H2,1-2H3,(H2,18,19,20). The van der Waals surface area contributed by atoms with E-state index < -0.39 is 0 Å². The van der Waals surface area contributed by atoms with Crippen molar-refractivity contribution in [2.75, 3.05) is 7.05 Å². The summed E-state index contributed by atoms with van der Waals surface area (Å²) < 4.78 is 0. The molecule has 2 N–H and O–H groups in total. The molecule has 0 aliphatic heterocycles. The van der Waals surface area contributed by atoms with Gasteiger partial charge in [-0.1, -0.05) is 60.2 Å². The molecular formula is C17H21N3. The van der Waals surface area contributed by atoms with Gasteiger partial charge in [0.15, 0.2) is 5.96 Å². The summed E-state index contributed by atoms with van der Waals surface area (Å²) in [4.78, 5) is 4.23. The minimum Gasteiger partial charge on any atom is -0.352 e. The van der Waals surface area contributed by atoms with E-state index in [1.807, 2.05) is 18.2 Å². The molecule has 2 aromatic rings. The second-order valence-electron chi connectivity index (χ2n) is 4.75. The molecule has 3 nitrogen and oxygen atoms in total. The zero-order chi connectivity index (χ0) is 14.2. The summed E-state index contributed by atoms with van der Waals surface area (Å²) in [5, 5.41) is 6.62. The highest BCUT2D eigenvalue weighted by Gasteiger charge is 1.98. The molecule has 0 amide bonds. The van der Waals surface area contributed by atoms with Crippen LogP contribution in [0.4, 0.5) is 0 Å². The Morgan fingerprint density at radius 3 is 1.95 bits per heavy atom. The number of benzene rings is 2. The molecule has 0 fully saturated rings. The first-order valence-electron chi connectivity index (χ1n) is 6.82. The van der Waals surface area contributed by atoms with Crippen LogP contribution in [0.3, 0.4) is 0 Å². The van der Waals surface area contributed by atoms with Crippen LogP contribution in [0.2, 0.25) is 0 Å². The molecule has 0 bridgehead atoms. The maximum atomic E-state index is 4.23. The fourth-order valence-electron chi connectivity index (χ4n) is 1.89. The molecule has 0 spiro atoms. The van der Waals surface area contributed by atoms with Crippen LogP contribution in [-0.4, -0.2) is 13.0 Å². The topological polar surface area (TPSA) is 36.4 Å². The SMILES string of the molecule is CN=C(NCc1ccccc1)NCc1ccc(C)cc1. The van der Waals surface area contributed by atoms with Gasteiger partial charge in [0.25, 0.3) is 0 Å². The number of hydrogen-bond donors (Lipinski definition) is 2. The fourth-order valence-corrected chi connectivity index (χ4v) is 1.89. The van der Waals surface area contributed by atoms with Crippen LogP contribution in [0.5, 0.6) is 0 Å². The molecule has 0 saturated heterocycles. The lowest BCUT2D eigenvalue weighted by Gasteiger charge is -2.12. The molecule has 2 aromatic carbocycles. The maximum Gasteiger partial charge on any atom is 0.191 e. The molecule has 0 radical (unpaired) electrons.